The summed E-state index contributed by atoms with van der Waals surface area (Å²) in [5, 5.41) is 0.0449. The summed E-state index contributed by atoms with van der Waals surface area (Å²) < 4.78 is -1.22. The third-order valence-corrected chi connectivity index (χ3v) is 7.75. The summed E-state index contributed by atoms with van der Waals surface area (Å²) in [6.07, 6.45) is 1.79. The Labute approximate surface area is 135 Å². The van der Waals surface area contributed by atoms with E-state index in [2.05, 4.69) is 0 Å². The number of fused-ring (bicyclic) bond motifs is 2. The van der Waals surface area contributed by atoms with Crippen molar-refractivity contribution in [2.45, 2.75) is 9.71 Å². The van der Waals surface area contributed by atoms with E-state index in [1.54, 1.807) is 6.08 Å². The Morgan fingerprint density at radius 1 is 1.06 bits per heavy atom. The predicted molar refractivity (Wildman–Crippen MR) is 78.5 cm³/mol. The van der Waals surface area contributed by atoms with Crippen molar-refractivity contribution < 1.29 is 0 Å². The van der Waals surface area contributed by atoms with Crippen LogP contribution < -0.4 is 0 Å². The van der Waals surface area contributed by atoms with Crippen molar-refractivity contribution in [2.24, 2.45) is 16.7 Å². The normalized spacial score (nSPS) is 41.7. The molecule has 0 N–H and O–H groups in total. The van der Waals surface area contributed by atoms with Gasteiger partial charge in [0.2, 0.25) is 0 Å². The highest BCUT2D eigenvalue weighted by molar-refractivity contribution is 6.54. The smallest absolute Gasteiger partial charge is 0.126 e. The lowest BCUT2D eigenvalue weighted by Gasteiger charge is -2.43. The van der Waals surface area contributed by atoms with Crippen LogP contribution >= 0.6 is 81.2 Å². The first-order chi connectivity index (χ1) is 7.84. The average molecular weight is 377 g/mol. The lowest BCUT2D eigenvalue weighted by atomic mass is 9.69. The van der Waals surface area contributed by atoms with Gasteiger partial charge in [-0.15, -0.1) is 46.4 Å². The molecule has 0 aliphatic heterocycles. The molecule has 17 heavy (non-hydrogen) atoms. The van der Waals surface area contributed by atoms with Crippen LogP contribution in [0.4, 0.5) is 0 Å². The number of rotatable bonds is 3. The van der Waals surface area contributed by atoms with Gasteiger partial charge in [-0.25, -0.2) is 0 Å². The zero-order chi connectivity index (χ0) is 13.1. The maximum absolute atomic E-state index is 6.41. The molecule has 0 aromatic rings. The minimum absolute atomic E-state index is 0.176. The fourth-order valence-corrected chi connectivity index (χ4v) is 6.83. The van der Waals surface area contributed by atoms with Gasteiger partial charge in [0.15, 0.2) is 0 Å². The van der Waals surface area contributed by atoms with Gasteiger partial charge in [0.25, 0.3) is 0 Å². The van der Waals surface area contributed by atoms with E-state index in [0.29, 0.717) is 5.03 Å². The summed E-state index contributed by atoms with van der Waals surface area (Å²) in [6.45, 7) is 0. The van der Waals surface area contributed by atoms with Gasteiger partial charge in [-0.2, -0.15) is 0 Å². The topological polar surface area (TPSA) is 0 Å². The third kappa shape index (κ3) is 1.53. The molecule has 98 valence electrons. The summed E-state index contributed by atoms with van der Waals surface area (Å²) >= 11 is 43.7. The average Bonchev–Trinajstić information content (AvgIpc) is 2.63. The van der Waals surface area contributed by atoms with Crippen molar-refractivity contribution in [1.82, 2.24) is 0 Å². The van der Waals surface area contributed by atoms with Gasteiger partial charge in [-0.05, 0) is 0 Å². The maximum Gasteiger partial charge on any atom is 0.146 e. The Bertz CT molecular complexity index is 360. The highest BCUT2D eigenvalue weighted by Crippen LogP contribution is 2.74. The lowest BCUT2D eigenvalue weighted by molar-refractivity contribution is 0.189. The number of alkyl halides is 6. The Balaban J connectivity index is 2.68. The Morgan fingerprint density at radius 3 is 1.94 bits per heavy atom. The van der Waals surface area contributed by atoms with Gasteiger partial charge in [0.1, 0.15) is 4.33 Å². The van der Waals surface area contributed by atoms with Gasteiger partial charge >= 0.3 is 0 Å². The molecular weight excluding hydrogens is 368 g/mol. The quantitative estimate of drug-likeness (QED) is 0.592. The summed E-state index contributed by atoms with van der Waals surface area (Å²) in [5.41, 5.74) is -1.38. The van der Waals surface area contributed by atoms with Crippen LogP contribution in [0.5, 0.6) is 0 Å². The highest BCUT2D eigenvalue weighted by Gasteiger charge is 2.77. The van der Waals surface area contributed by atoms with Crippen LogP contribution in [-0.2, 0) is 0 Å². The van der Waals surface area contributed by atoms with Crippen molar-refractivity contribution >= 4 is 81.2 Å². The largest absolute Gasteiger partial charge is 0.146 e. The summed E-state index contributed by atoms with van der Waals surface area (Å²) in [6, 6.07) is 0. The van der Waals surface area contributed by atoms with Crippen LogP contribution in [0.1, 0.15) is 0 Å². The molecule has 2 bridgehead atoms. The van der Waals surface area contributed by atoms with Crippen molar-refractivity contribution in [3.05, 3.63) is 11.1 Å². The number of halogens is 7. The zero-order valence-electron chi connectivity index (χ0n) is 8.50. The molecule has 0 aromatic heterocycles. The maximum atomic E-state index is 6.41. The third-order valence-electron chi connectivity index (χ3n) is 4.09. The minimum Gasteiger partial charge on any atom is -0.126 e. The second-order valence-electron chi connectivity index (χ2n) is 4.56. The molecular formula is C10H9Cl7. The first-order valence-electron chi connectivity index (χ1n) is 4.92. The molecule has 3 atom stereocenters. The molecule has 0 aromatic carbocycles. The summed E-state index contributed by atoms with van der Waals surface area (Å²) in [4.78, 5) is 0. The van der Waals surface area contributed by atoms with E-state index in [4.69, 9.17) is 81.2 Å². The second-order valence-corrected chi connectivity index (χ2v) is 7.65. The molecule has 3 unspecified atom stereocenters. The molecule has 0 spiro atoms. The molecule has 2 rings (SSSR count). The first kappa shape index (κ1) is 15.2. The fraction of sp³-hybridized carbons (Fsp3) is 0.800. The molecule has 0 heterocycles. The minimum atomic E-state index is -1.22. The van der Waals surface area contributed by atoms with E-state index in [1.165, 1.54) is 0 Å². The van der Waals surface area contributed by atoms with E-state index < -0.39 is 20.5 Å². The van der Waals surface area contributed by atoms with Crippen LogP contribution in [0.3, 0.4) is 0 Å². The SMILES string of the molecule is ClCC1(CCl)C2C(Cl)=CC1(CCl)C(Cl)(Cl)C2Cl. The van der Waals surface area contributed by atoms with E-state index in [1.807, 2.05) is 0 Å². The van der Waals surface area contributed by atoms with Crippen molar-refractivity contribution in [3.8, 4) is 0 Å². The standard InChI is InChI=1S/C10H9Cl7/c11-2-8(3-12)6-5(14)1-9(8,4-13)10(16,17)7(6)15/h1,6-7H,2-4H2. The van der Waals surface area contributed by atoms with Crippen LogP contribution in [0, 0.1) is 16.7 Å². The van der Waals surface area contributed by atoms with Gasteiger partial charge in [-0.1, -0.05) is 40.9 Å². The van der Waals surface area contributed by atoms with Gasteiger partial charge in [-0.3, -0.25) is 0 Å². The molecule has 0 saturated heterocycles. The second kappa shape index (κ2) is 4.65. The van der Waals surface area contributed by atoms with Gasteiger partial charge < -0.3 is 0 Å². The highest BCUT2D eigenvalue weighted by atomic mass is 35.5. The van der Waals surface area contributed by atoms with Crippen molar-refractivity contribution in [2.75, 3.05) is 17.6 Å². The molecule has 2 aliphatic carbocycles. The predicted octanol–water partition coefficient (Wildman–Crippen LogP) is 5.22. The Hall–Kier alpha value is 1.77. The number of allylic oxidation sites excluding steroid dienone is 2. The van der Waals surface area contributed by atoms with E-state index in [9.17, 15) is 0 Å². The first-order valence-corrected chi connectivity index (χ1v) is 8.10. The Morgan fingerprint density at radius 2 is 1.59 bits per heavy atom. The van der Waals surface area contributed by atoms with Gasteiger partial charge in [0.05, 0.1) is 5.38 Å². The zero-order valence-corrected chi connectivity index (χ0v) is 13.8. The molecule has 7 heteroatoms. The van der Waals surface area contributed by atoms with Crippen molar-refractivity contribution in [3.63, 3.8) is 0 Å². The molecule has 0 nitrogen and oxygen atoms in total. The number of hydrogen-bond donors (Lipinski definition) is 0. The van der Waals surface area contributed by atoms with Crippen LogP contribution in [0.2, 0.25) is 0 Å². The molecule has 1 fully saturated rings. The van der Waals surface area contributed by atoms with Crippen LogP contribution in [0.15, 0.2) is 11.1 Å². The van der Waals surface area contributed by atoms with Gasteiger partial charge in [0, 0.05) is 39.4 Å². The van der Waals surface area contributed by atoms with E-state index in [-0.39, 0.29) is 23.6 Å². The molecule has 1 saturated carbocycles. The van der Waals surface area contributed by atoms with Crippen molar-refractivity contribution in [1.29, 1.82) is 0 Å². The van der Waals surface area contributed by atoms with Crippen LogP contribution in [0.25, 0.3) is 0 Å². The molecule has 2 aliphatic rings. The fourth-order valence-electron chi connectivity index (χ4n) is 3.01. The molecule has 0 amide bonds. The Kier molecular flexibility index (Phi) is 4.15. The van der Waals surface area contributed by atoms with E-state index in [0.717, 1.165) is 0 Å². The van der Waals surface area contributed by atoms with Crippen LogP contribution in [-0.4, -0.2) is 27.4 Å². The number of hydrogen-bond acceptors (Lipinski definition) is 0. The lowest BCUT2D eigenvalue weighted by Crippen LogP contribution is -2.49. The summed E-state index contributed by atoms with van der Waals surface area (Å²) in [7, 11) is 0. The monoisotopic (exact) mass is 374 g/mol. The summed E-state index contributed by atoms with van der Waals surface area (Å²) in [5.74, 6) is 0.431. The van der Waals surface area contributed by atoms with E-state index >= 15 is 0 Å². The molecule has 0 radical (unpaired) electrons.